The lowest BCUT2D eigenvalue weighted by atomic mass is 9.94. The van der Waals surface area contributed by atoms with Crippen molar-refractivity contribution in [3.8, 4) is 5.75 Å². The molecule has 1 atom stereocenters. The van der Waals surface area contributed by atoms with Gasteiger partial charge in [0, 0.05) is 18.2 Å². The molecule has 0 bridgehead atoms. The van der Waals surface area contributed by atoms with Gasteiger partial charge in [0.05, 0.1) is 22.7 Å². The SMILES string of the molecule is COc1ccc(S(=O)(=O)c2sc(C)nc2C)cc1CN1CCC[CH][C@H]1c1ccccc1. The molecule has 1 aromatic heterocycles. The normalized spacial score (nSPS) is 17.6. The largest absolute Gasteiger partial charge is 0.496 e. The summed E-state index contributed by atoms with van der Waals surface area (Å²) in [7, 11) is -2.00. The minimum absolute atomic E-state index is 0.200. The number of rotatable bonds is 6. The van der Waals surface area contributed by atoms with Crippen molar-refractivity contribution >= 4 is 21.2 Å². The Labute approximate surface area is 188 Å². The second-order valence-corrected chi connectivity index (χ2v) is 11.1. The average molecular weight is 456 g/mol. The molecule has 5 nitrogen and oxygen atoms in total. The van der Waals surface area contributed by atoms with Crippen molar-refractivity contribution < 1.29 is 13.2 Å². The molecule has 0 aliphatic carbocycles. The third-order valence-electron chi connectivity index (χ3n) is 5.61. The van der Waals surface area contributed by atoms with Crippen LogP contribution >= 0.6 is 11.3 Å². The Morgan fingerprint density at radius 2 is 1.94 bits per heavy atom. The highest BCUT2D eigenvalue weighted by molar-refractivity contribution is 7.93. The number of hydrogen-bond acceptors (Lipinski definition) is 6. The van der Waals surface area contributed by atoms with Gasteiger partial charge in [0.1, 0.15) is 9.96 Å². The Morgan fingerprint density at radius 3 is 2.61 bits per heavy atom. The molecule has 0 N–H and O–H groups in total. The number of piperidine rings is 1. The molecule has 2 heterocycles. The first-order valence-corrected chi connectivity index (χ1v) is 12.7. The molecule has 0 saturated carbocycles. The predicted molar refractivity (Wildman–Crippen MR) is 123 cm³/mol. The molecule has 1 aliphatic rings. The van der Waals surface area contributed by atoms with E-state index in [0.29, 0.717) is 22.2 Å². The topological polar surface area (TPSA) is 59.5 Å². The molecule has 4 rings (SSSR count). The van der Waals surface area contributed by atoms with Crippen LogP contribution in [0.1, 0.15) is 40.7 Å². The molecule has 1 aliphatic heterocycles. The Hall–Kier alpha value is -2.22. The maximum Gasteiger partial charge on any atom is 0.217 e. The predicted octanol–water partition coefficient (Wildman–Crippen LogP) is 5.14. The summed E-state index contributed by atoms with van der Waals surface area (Å²) in [6.07, 6.45) is 4.50. The third kappa shape index (κ3) is 4.54. The summed E-state index contributed by atoms with van der Waals surface area (Å²) in [5.74, 6) is 0.702. The van der Waals surface area contributed by atoms with Crippen molar-refractivity contribution in [2.24, 2.45) is 0 Å². The van der Waals surface area contributed by atoms with Crippen molar-refractivity contribution in [2.75, 3.05) is 13.7 Å². The summed E-state index contributed by atoms with van der Waals surface area (Å²) < 4.78 is 32.5. The van der Waals surface area contributed by atoms with Gasteiger partial charge in [-0.15, -0.1) is 11.3 Å². The number of benzene rings is 2. The first-order valence-electron chi connectivity index (χ1n) is 10.4. The molecule has 31 heavy (non-hydrogen) atoms. The summed E-state index contributed by atoms with van der Waals surface area (Å²) in [6.45, 7) is 5.13. The summed E-state index contributed by atoms with van der Waals surface area (Å²) in [5.41, 5.74) is 2.68. The molecule has 2 aromatic carbocycles. The number of thiazole rings is 1. The van der Waals surface area contributed by atoms with E-state index in [4.69, 9.17) is 4.74 Å². The van der Waals surface area contributed by atoms with Gasteiger partial charge in [0.25, 0.3) is 0 Å². The van der Waals surface area contributed by atoms with Gasteiger partial charge in [-0.25, -0.2) is 13.4 Å². The number of ether oxygens (including phenoxy) is 1. The van der Waals surface area contributed by atoms with Crippen LogP contribution in [0.4, 0.5) is 0 Å². The minimum Gasteiger partial charge on any atom is -0.496 e. The van der Waals surface area contributed by atoms with E-state index in [1.54, 1.807) is 32.2 Å². The molecule has 1 fully saturated rings. The highest BCUT2D eigenvalue weighted by Gasteiger charge is 2.27. The van der Waals surface area contributed by atoms with E-state index in [9.17, 15) is 8.42 Å². The van der Waals surface area contributed by atoms with E-state index in [1.807, 2.05) is 13.0 Å². The Morgan fingerprint density at radius 1 is 1.16 bits per heavy atom. The van der Waals surface area contributed by atoms with Gasteiger partial charge in [-0.2, -0.15) is 0 Å². The van der Waals surface area contributed by atoms with Crippen LogP contribution in [0.2, 0.25) is 0 Å². The van der Waals surface area contributed by atoms with Gasteiger partial charge in [0.2, 0.25) is 9.84 Å². The number of likely N-dealkylation sites (tertiary alicyclic amines) is 1. The lowest BCUT2D eigenvalue weighted by Gasteiger charge is -2.36. The smallest absolute Gasteiger partial charge is 0.217 e. The van der Waals surface area contributed by atoms with Crippen LogP contribution in [0.3, 0.4) is 0 Å². The monoisotopic (exact) mass is 455 g/mol. The summed E-state index contributed by atoms with van der Waals surface area (Å²) in [5, 5.41) is 0.749. The second-order valence-electron chi connectivity index (χ2n) is 7.79. The van der Waals surface area contributed by atoms with Crippen LogP contribution in [0.15, 0.2) is 57.6 Å². The first kappa shape index (κ1) is 22.0. The molecule has 163 valence electrons. The van der Waals surface area contributed by atoms with Crippen molar-refractivity contribution in [3.63, 3.8) is 0 Å². The maximum atomic E-state index is 13.3. The van der Waals surface area contributed by atoms with Gasteiger partial charge < -0.3 is 4.74 Å². The van der Waals surface area contributed by atoms with E-state index in [2.05, 4.69) is 40.6 Å². The van der Waals surface area contributed by atoms with E-state index >= 15 is 0 Å². The zero-order valence-electron chi connectivity index (χ0n) is 18.0. The minimum atomic E-state index is -3.63. The van der Waals surface area contributed by atoms with Gasteiger partial charge >= 0.3 is 0 Å². The standard InChI is InChI=1S/C24H27N2O3S2/c1-17-24(30-18(2)25-17)31(27,28)21-12-13-23(29-3)20(15-21)16-26-14-8-7-11-22(26)19-9-5-4-6-10-19/h4-6,9-13,15,22H,7-8,14,16H2,1-3H3/t22-/m0/s1. The average Bonchev–Trinajstić information content (AvgIpc) is 3.13. The molecular formula is C24H27N2O3S2. The summed E-state index contributed by atoms with van der Waals surface area (Å²) in [6, 6.07) is 15.8. The van der Waals surface area contributed by atoms with Gasteiger partial charge in [-0.05, 0) is 63.4 Å². The number of nitrogens with zero attached hydrogens (tertiary/aromatic N) is 2. The third-order valence-corrected chi connectivity index (χ3v) is 9.05. The van der Waals surface area contributed by atoms with Gasteiger partial charge in [-0.3, -0.25) is 4.90 Å². The fraction of sp³-hybridized carbons (Fsp3) is 0.333. The van der Waals surface area contributed by atoms with Gasteiger partial charge in [0.15, 0.2) is 0 Å². The number of aryl methyl sites for hydroxylation is 2. The van der Waals surface area contributed by atoms with Gasteiger partial charge in [-0.1, -0.05) is 30.3 Å². The lowest BCUT2D eigenvalue weighted by Crippen LogP contribution is -2.33. The highest BCUT2D eigenvalue weighted by Crippen LogP contribution is 2.35. The fourth-order valence-corrected chi connectivity index (χ4v) is 7.09. The van der Waals surface area contributed by atoms with Crippen LogP contribution in [-0.4, -0.2) is 32.0 Å². The molecule has 3 aromatic rings. The van der Waals surface area contributed by atoms with Crippen LogP contribution in [0.5, 0.6) is 5.75 Å². The zero-order chi connectivity index (χ0) is 22.0. The number of aromatic nitrogens is 1. The van der Waals surface area contributed by atoms with E-state index < -0.39 is 9.84 Å². The van der Waals surface area contributed by atoms with Crippen molar-refractivity contribution in [1.29, 1.82) is 0 Å². The first-order chi connectivity index (χ1) is 14.9. The summed E-state index contributed by atoms with van der Waals surface area (Å²) in [4.78, 5) is 6.97. The molecule has 0 unspecified atom stereocenters. The Bertz CT molecular complexity index is 1160. The molecular weight excluding hydrogens is 428 g/mol. The van der Waals surface area contributed by atoms with Crippen molar-refractivity contribution in [3.05, 3.63) is 76.8 Å². The number of hydrogen-bond donors (Lipinski definition) is 0. The van der Waals surface area contributed by atoms with E-state index in [1.165, 1.54) is 16.9 Å². The maximum absolute atomic E-state index is 13.3. The van der Waals surface area contributed by atoms with Crippen LogP contribution in [0, 0.1) is 20.3 Å². The number of sulfone groups is 1. The van der Waals surface area contributed by atoms with Crippen LogP contribution < -0.4 is 4.74 Å². The Kier molecular flexibility index (Phi) is 6.46. The highest BCUT2D eigenvalue weighted by atomic mass is 32.2. The van der Waals surface area contributed by atoms with E-state index in [-0.39, 0.29) is 10.9 Å². The number of methoxy groups -OCH3 is 1. The van der Waals surface area contributed by atoms with E-state index in [0.717, 1.165) is 30.0 Å². The summed E-state index contributed by atoms with van der Waals surface area (Å²) >= 11 is 1.22. The van der Waals surface area contributed by atoms with Crippen LogP contribution in [0.25, 0.3) is 0 Å². The van der Waals surface area contributed by atoms with Crippen molar-refractivity contribution in [1.82, 2.24) is 9.88 Å². The van der Waals surface area contributed by atoms with Crippen LogP contribution in [-0.2, 0) is 16.4 Å². The quantitative estimate of drug-likeness (QED) is 0.515. The molecule has 0 amide bonds. The molecule has 1 saturated heterocycles. The Balaban J connectivity index is 1.69. The molecule has 0 spiro atoms. The second kappa shape index (κ2) is 9.10. The lowest BCUT2D eigenvalue weighted by molar-refractivity contribution is 0.177. The molecule has 1 radical (unpaired) electrons. The molecule has 7 heteroatoms. The fourth-order valence-electron chi connectivity index (χ4n) is 4.17. The zero-order valence-corrected chi connectivity index (χ0v) is 19.7. The van der Waals surface area contributed by atoms with Crippen molar-refractivity contribution in [2.45, 2.75) is 48.4 Å².